The number of nitrogens with one attached hydrogen (secondary N) is 1. The molecule has 6 nitrogen and oxygen atoms in total. The Morgan fingerprint density at radius 1 is 1.23 bits per heavy atom. The van der Waals surface area contributed by atoms with E-state index < -0.39 is 6.36 Å². The van der Waals surface area contributed by atoms with Gasteiger partial charge in [-0.15, -0.1) is 13.2 Å². The van der Waals surface area contributed by atoms with Crippen molar-refractivity contribution in [3.05, 3.63) is 54.2 Å². The molecule has 0 aliphatic rings. The van der Waals surface area contributed by atoms with E-state index in [1.807, 2.05) is 6.07 Å². The van der Waals surface area contributed by atoms with Crippen molar-refractivity contribution in [3.63, 3.8) is 0 Å². The fraction of sp³-hybridized carbons (Fsp3) is 0.118. The van der Waals surface area contributed by atoms with E-state index in [2.05, 4.69) is 20.4 Å². The van der Waals surface area contributed by atoms with Crippen LogP contribution in [0.25, 0.3) is 16.6 Å². The molecule has 0 aliphatic heterocycles. The van der Waals surface area contributed by atoms with E-state index in [0.29, 0.717) is 5.69 Å². The van der Waals surface area contributed by atoms with Crippen LogP contribution in [0, 0.1) is 0 Å². The molecule has 1 aromatic heterocycles. The molecule has 1 N–H and O–H groups in total. The zero-order valence-corrected chi connectivity index (χ0v) is 13.5. The zero-order valence-electron chi connectivity index (χ0n) is 13.5. The minimum absolute atomic E-state index is 0.270. The van der Waals surface area contributed by atoms with E-state index in [1.165, 1.54) is 37.4 Å². The molecule has 0 radical (unpaired) electrons. The summed E-state index contributed by atoms with van der Waals surface area (Å²) in [4.78, 5) is 10.8. The Balaban J connectivity index is 1.85. The Bertz CT molecular complexity index is 962. The van der Waals surface area contributed by atoms with Gasteiger partial charge in [-0.25, -0.2) is 10.1 Å². The summed E-state index contributed by atoms with van der Waals surface area (Å²) in [5.41, 5.74) is 4.44. The average Bonchev–Trinajstić information content (AvgIpc) is 2.97. The molecule has 1 heterocycles. The van der Waals surface area contributed by atoms with Gasteiger partial charge in [0.25, 0.3) is 0 Å². The second kappa shape index (κ2) is 6.87. The van der Waals surface area contributed by atoms with Crippen molar-refractivity contribution >= 4 is 23.0 Å². The number of hydrogen-bond donors (Lipinski definition) is 1. The summed E-state index contributed by atoms with van der Waals surface area (Å²) in [5, 5.41) is 8.87. The SMILES string of the molecule is CC(=O)N/N=C/c1ccc2c(cnn2-c2ccc(OC(F)(F)F)cc2)c1. The van der Waals surface area contributed by atoms with Crippen molar-refractivity contribution in [3.8, 4) is 11.4 Å². The summed E-state index contributed by atoms with van der Waals surface area (Å²) in [6, 6.07) is 10.8. The summed E-state index contributed by atoms with van der Waals surface area (Å²) in [7, 11) is 0. The molecule has 0 aliphatic carbocycles. The number of amides is 1. The molecule has 0 saturated carbocycles. The monoisotopic (exact) mass is 362 g/mol. The van der Waals surface area contributed by atoms with Gasteiger partial charge in [0.2, 0.25) is 5.91 Å². The van der Waals surface area contributed by atoms with Gasteiger partial charge in [0, 0.05) is 12.3 Å². The van der Waals surface area contributed by atoms with Gasteiger partial charge in [-0.3, -0.25) is 4.79 Å². The number of ether oxygens (including phenoxy) is 1. The quantitative estimate of drug-likeness (QED) is 0.571. The molecule has 1 amide bonds. The van der Waals surface area contributed by atoms with Crippen LogP contribution in [-0.4, -0.2) is 28.3 Å². The molecule has 3 rings (SSSR count). The van der Waals surface area contributed by atoms with Crippen molar-refractivity contribution in [2.75, 3.05) is 0 Å². The van der Waals surface area contributed by atoms with Gasteiger partial charge in [-0.1, -0.05) is 6.07 Å². The lowest BCUT2D eigenvalue weighted by molar-refractivity contribution is -0.274. The fourth-order valence-corrected chi connectivity index (χ4v) is 2.32. The molecular weight excluding hydrogens is 349 g/mol. The number of nitrogens with zero attached hydrogens (tertiary/aromatic N) is 3. The topological polar surface area (TPSA) is 68.5 Å². The molecule has 2 aromatic carbocycles. The molecule has 0 saturated heterocycles. The summed E-state index contributed by atoms with van der Waals surface area (Å²) >= 11 is 0. The average molecular weight is 362 g/mol. The van der Waals surface area contributed by atoms with Crippen LogP contribution in [0.2, 0.25) is 0 Å². The maximum absolute atomic E-state index is 12.2. The second-order valence-corrected chi connectivity index (χ2v) is 5.34. The molecular formula is C17H13F3N4O2. The van der Waals surface area contributed by atoms with E-state index in [1.54, 1.807) is 23.0 Å². The Labute approximate surface area is 145 Å². The highest BCUT2D eigenvalue weighted by molar-refractivity contribution is 5.89. The van der Waals surface area contributed by atoms with E-state index in [9.17, 15) is 18.0 Å². The van der Waals surface area contributed by atoms with Gasteiger partial charge in [0.05, 0.1) is 23.6 Å². The number of fused-ring (bicyclic) bond motifs is 1. The maximum atomic E-state index is 12.2. The maximum Gasteiger partial charge on any atom is 0.573 e. The van der Waals surface area contributed by atoms with Crippen molar-refractivity contribution in [1.82, 2.24) is 15.2 Å². The molecule has 0 atom stereocenters. The van der Waals surface area contributed by atoms with E-state index in [-0.39, 0.29) is 11.7 Å². The standard InChI is InChI=1S/C17H13F3N4O2/c1-11(25)23-21-9-12-2-7-16-13(8-12)10-22-24(16)14-3-5-15(6-4-14)26-17(18,19)20/h2-10H,1H3,(H,23,25)/b21-9+. The Hall–Kier alpha value is -3.36. The van der Waals surface area contributed by atoms with Gasteiger partial charge in [-0.05, 0) is 42.0 Å². The van der Waals surface area contributed by atoms with Crippen LogP contribution in [0.3, 0.4) is 0 Å². The Kier molecular flexibility index (Phi) is 4.61. The number of carbonyl (C=O) groups is 1. The Morgan fingerprint density at radius 3 is 2.62 bits per heavy atom. The molecule has 0 bridgehead atoms. The van der Waals surface area contributed by atoms with Gasteiger partial charge >= 0.3 is 6.36 Å². The number of hydrogen-bond acceptors (Lipinski definition) is 4. The molecule has 134 valence electrons. The van der Waals surface area contributed by atoms with Crippen LogP contribution in [0.1, 0.15) is 12.5 Å². The van der Waals surface area contributed by atoms with Crippen molar-refractivity contribution < 1.29 is 22.7 Å². The van der Waals surface area contributed by atoms with Gasteiger partial charge in [0.1, 0.15) is 5.75 Å². The molecule has 0 spiro atoms. The number of rotatable bonds is 4. The number of benzene rings is 2. The van der Waals surface area contributed by atoms with Crippen LogP contribution in [0.15, 0.2) is 53.8 Å². The first kappa shape index (κ1) is 17.5. The van der Waals surface area contributed by atoms with Crippen LogP contribution < -0.4 is 10.2 Å². The highest BCUT2D eigenvalue weighted by Gasteiger charge is 2.30. The van der Waals surface area contributed by atoms with Crippen LogP contribution in [0.5, 0.6) is 5.75 Å². The lowest BCUT2D eigenvalue weighted by Gasteiger charge is -2.09. The number of alkyl halides is 3. The third kappa shape index (κ3) is 4.18. The predicted octanol–water partition coefficient (Wildman–Crippen LogP) is 3.39. The summed E-state index contributed by atoms with van der Waals surface area (Å²) < 4.78 is 42.1. The molecule has 9 heteroatoms. The fourth-order valence-electron chi connectivity index (χ4n) is 2.32. The number of carbonyl (C=O) groups excluding carboxylic acids is 1. The third-order valence-electron chi connectivity index (χ3n) is 3.34. The molecule has 0 unspecified atom stereocenters. The molecule has 26 heavy (non-hydrogen) atoms. The number of halogens is 3. The van der Waals surface area contributed by atoms with Crippen LogP contribution in [0.4, 0.5) is 13.2 Å². The lowest BCUT2D eigenvalue weighted by Crippen LogP contribution is -2.17. The largest absolute Gasteiger partial charge is 0.573 e. The van der Waals surface area contributed by atoms with Crippen molar-refractivity contribution in [2.24, 2.45) is 5.10 Å². The zero-order chi connectivity index (χ0) is 18.7. The third-order valence-corrected chi connectivity index (χ3v) is 3.34. The number of aromatic nitrogens is 2. The first-order valence-electron chi connectivity index (χ1n) is 7.45. The van der Waals surface area contributed by atoms with Crippen LogP contribution >= 0.6 is 0 Å². The van der Waals surface area contributed by atoms with E-state index >= 15 is 0 Å². The van der Waals surface area contributed by atoms with Gasteiger partial charge in [-0.2, -0.15) is 10.2 Å². The minimum atomic E-state index is -4.73. The first-order valence-corrected chi connectivity index (χ1v) is 7.45. The lowest BCUT2D eigenvalue weighted by atomic mass is 10.2. The van der Waals surface area contributed by atoms with E-state index in [0.717, 1.165) is 16.5 Å². The van der Waals surface area contributed by atoms with Gasteiger partial charge in [0.15, 0.2) is 0 Å². The van der Waals surface area contributed by atoms with Crippen LogP contribution in [-0.2, 0) is 4.79 Å². The summed E-state index contributed by atoms with van der Waals surface area (Å²) in [6.45, 7) is 1.36. The predicted molar refractivity (Wildman–Crippen MR) is 89.2 cm³/mol. The first-order chi connectivity index (χ1) is 12.3. The van der Waals surface area contributed by atoms with Gasteiger partial charge < -0.3 is 4.74 Å². The second-order valence-electron chi connectivity index (χ2n) is 5.34. The highest BCUT2D eigenvalue weighted by atomic mass is 19.4. The number of hydrazone groups is 1. The smallest absolute Gasteiger partial charge is 0.406 e. The van der Waals surface area contributed by atoms with E-state index in [4.69, 9.17) is 0 Å². The summed E-state index contributed by atoms with van der Waals surface area (Å²) in [6.07, 6.45) is -1.60. The molecule has 0 fully saturated rings. The normalized spacial score (nSPS) is 11.8. The molecule has 3 aromatic rings. The summed E-state index contributed by atoms with van der Waals surface area (Å²) in [5.74, 6) is -0.567. The van der Waals surface area contributed by atoms with Crippen molar-refractivity contribution in [2.45, 2.75) is 13.3 Å². The van der Waals surface area contributed by atoms with Crippen molar-refractivity contribution in [1.29, 1.82) is 0 Å². The Morgan fingerprint density at radius 2 is 1.96 bits per heavy atom. The highest BCUT2D eigenvalue weighted by Crippen LogP contribution is 2.25. The minimum Gasteiger partial charge on any atom is -0.406 e.